The van der Waals surface area contributed by atoms with Crippen LogP contribution in [0.15, 0.2) is 34.9 Å². The van der Waals surface area contributed by atoms with E-state index in [4.69, 9.17) is 4.52 Å². The average molecular weight is 289 g/mol. The van der Waals surface area contributed by atoms with Crippen LogP contribution in [0.1, 0.15) is 24.2 Å². The molecule has 1 heterocycles. The van der Waals surface area contributed by atoms with Gasteiger partial charge in [0.05, 0.1) is 0 Å². The highest BCUT2D eigenvalue weighted by Gasteiger charge is 2.44. The van der Waals surface area contributed by atoms with Crippen LogP contribution in [-0.2, 0) is 5.41 Å². The number of nitrogens with one attached hydrogen (secondary N) is 2. The molecule has 21 heavy (non-hydrogen) atoms. The van der Waals surface area contributed by atoms with E-state index in [-0.39, 0.29) is 17.3 Å². The smallest absolute Gasteiger partial charge is 0.320 e. The summed E-state index contributed by atoms with van der Waals surface area (Å²) in [6, 6.07) is 7.79. The van der Waals surface area contributed by atoms with Crippen LogP contribution in [-0.4, -0.2) is 17.7 Å². The molecule has 0 radical (unpaired) electrons. The fraction of sp³-hybridized carbons (Fsp3) is 0.333. The second kappa shape index (κ2) is 5.20. The summed E-state index contributed by atoms with van der Waals surface area (Å²) in [7, 11) is 0. The number of rotatable bonds is 4. The number of hydrogen-bond acceptors (Lipinski definition) is 3. The third-order valence-corrected chi connectivity index (χ3v) is 3.77. The van der Waals surface area contributed by atoms with E-state index in [9.17, 15) is 9.18 Å². The topological polar surface area (TPSA) is 67.2 Å². The molecule has 5 nitrogen and oxygen atoms in total. The van der Waals surface area contributed by atoms with Gasteiger partial charge in [-0.15, -0.1) is 0 Å². The first-order valence-electron chi connectivity index (χ1n) is 6.82. The molecular weight excluding hydrogens is 273 g/mol. The molecule has 6 heteroatoms. The van der Waals surface area contributed by atoms with Crippen LogP contribution in [0.2, 0.25) is 0 Å². The molecule has 1 fully saturated rings. The van der Waals surface area contributed by atoms with Gasteiger partial charge in [0.15, 0.2) is 5.82 Å². The zero-order chi connectivity index (χ0) is 14.9. The Labute approximate surface area is 121 Å². The SMILES string of the molecule is Cc1cc(NC(=O)NCC2(c3ccc(F)cc3)CC2)no1. The number of carbonyl (C=O) groups excluding carboxylic acids is 1. The lowest BCUT2D eigenvalue weighted by atomic mass is 9.96. The molecule has 0 bridgehead atoms. The predicted molar refractivity (Wildman–Crippen MR) is 75.6 cm³/mol. The van der Waals surface area contributed by atoms with Crippen molar-refractivity contribution < 1.29 is 13.7 Å². The number of aryl methyl sites for hydroxylation is 1. The van der Waals surface area contributed by atoms with Gasteiger partial charge in [0.2, 0.25) is 0 Å². The molecular formula is C15H16FN3O2. The second-order valence-corrected chi connectivity index (χ2v) is 5.42. The van der Waals surface area contributed by atoms with Gasteiger partial charge in [-0.1, -0.05) is 17.3 Å². The molecule has 0 saturated heterocycles. The predicted octanol–water partition coefficient (Wildman–Crippen LogP) is 2.98. The number of aromatic nitrogens is 1. The second-order valence-electron chi connectivity index (χ2n) is 5.42. The van der Waals surface area contributed by atoms with Gasteiger partial charge >= 0.3 is 6.03 Å². The Balaban J connectivity index is 1.57. The van der Waals surface area contributed by atoms with Crippen molar-refractivity contribution in [2.24, 2.45) is 0 Å². The summed E-state index contributed by atoms with van der Waals surface area (Å²) in [5.74, 6) is 0.772. The molecule has 110 valence electrons. The zero-order valence-corrected chi connectivity index (χ0v) is 11.6. The Hall–Kier alpha value is -2.37. The van der Waals surface area contributed by atoms with Crippen molar-refractivity contribution in [3.05, 3.63) is 47.5 Å². The van der Waals surface area contributed by atoms with E-state index in [1.165, 1.54) is 12.1 Å². The van der Waals surface area contributed by atoms with Crippen molar-refractivity contribution >= 4 is 11.8 Å². The standard InChI is InChI=1S/C15H16FN3O2/c1-10-8-13(19-21-10)18-14(20)17-9-15(6-7-15)11-2-4-12(16)5-3-11/h2-5,8H,6-7,9H2,1H3,(H2,17,18,19,20). The minimum Gasteiger partial charge on any atom is -0.360 e. The van der Waals surface area contributed by atoms with Crippen LogP contribution in [0, 0.1) is 12.7 Å². The van der Waals surface area contributed by atoms with Crippen LogP contribution in [0.3, 0.4) is 0 Å². The molecule has 2 aromatic rings. The summed E-state index contributed by atoms with van der Waals surface area (Å²) in [5.41, 5.74) is 0.992. The number of nitrogens with zero attached hydrogens (tertiary/aromatic N) is 1. The number of anilines is 1. The molecule has 0 spiro atoms. The van der Waals surface area contributed by atoms with Crippen molar-refractivity contribution in [3.63, 3.8) is 0 Å². The fourth-order valence-electron chi connectivity index (χ4n) is 2.36. The Morgan fingerprint density at radius 1 is 1.38 bits per heavy atom. The van der Waals surface area contributed by atoms with Crippen LogP contribution < -0.4 is 10.6 Å². The minimum absolute atomic E-state index is 0.0647. The van der Waals surface area contributed by atoms with Crippen LogP contribution in [0.5, 0.6) is 0 Å². The highest BCUT2D eigenvalue weighted by atomic mass is 19.1. The molecule has 2 N–H and O–H groups in total. The quantitative estimate of drug-likeness (QED) is 0.909. The molecule has 0 aliphatic heterocycles. The maximum absolute atomic E-state index is 13.0. The van der Waals surface area contributed by atoms with Crippen LogP contribution >= 0.6 is 0 Å². The largest absolute Gasteiger partial charge is 0.360 e. The summed E-state index contributed by atoms with van der Waals surface area (Å²) in [5, 5.41) is 9.13. The minimum atomic E-state index is -0.323. The Morgan fingerprint density at radius 2 is 2.10 bits per heavy atom. The number of urea groups is 1. The van der Waals surface area contributed by atoms with E-state index in [0.29, 0.717) is 18.1 Å². The Morgan fingerprint density at radius 3 is 2.67 bits per heavy atom. The van der Waals surface area contributed by atoms with Gasteiger partial charge in [-0.25, -0.2) is 9.18 Å². The maximum atomic E-state index is 13.0. The first-order chi connectivity index (χ1) is 10.1. The summed E-state index contributed by atoms with van der Waals surface area (Å²) in [6.45, 7) is 2.27. The van der Waals surface area contributed by atoms with Crippen molar-refractivity contribution in [1.82, 2.24) is 10.5 Å². The first-order valence-corrected chi connectivity index (χ1v) is 6.82. The Bertz CT molecular complexity index is 647. The highest BCUT2D eigenvalue weighted by Crippen LogP contribution is 2.47. The van der Waals surface area contributed by atoms with Crippen molar-refractivity contribution in [3.8, 4) is 0 Å². The molecule has 1 aromatic carbocycles. The molecule has 1 aliphatic rings. The number of carbonyl (C=O) groups is 1. The molecule has 0 unspecified atom stereocenters. The lowest BCUT2D eigenvalue weighted by Crippen LogP contribution is -2.35. The first kappa shape index (κ1) is 13.6. The maximum Gasteiger partial charge on any atom is 0.320 e. The monoisotopic (exact) mass is 289 g/mol. The van der Waals surface area contributed by atoms with Gasteiger partial charge in [-0.3, -0.25) is 5.32 Å². The molecule has 2 amide bonds. The van der Waals surface area contributed by atoms with E-state index in [2.05, 4.69) is 15.8 Å². The van der Waals surface area contributed by atoms with Crippen LogP contribution in [0.4, 0.5) is 15.0 Å². The van der Waals surface area contributed by atoms with Crippen molar-refractivity contribution in [2.75, 3.05) is 11.9 Å². The van der Waals surface area contributed by atoms with Gasteiger partial charge < -0.3 is 9.84 Å². The summed E-state index contributed by atoms with van der Waals surface area (Å²) in [4.78, 5) is 11.8. The van der Waals surface area contributed by atoms with Gasteiger partial charge in [0, 0.05) is 18.0 Å². The lowest BCUT2D eigenvalue weighted by Gasteiger charge is -2.16. The summed E-state index contributed by atoms with van der Waals surface area (Å²) < 4.78 is 17.8. The fourth-order valence-corrected chi connectivity index (χ4v) is 2.36. The normalized spacial score (nSPS) is 15.5. The van der Waals surface area contributed by atoms with Gasteiger partial charge in [-0.2, -0.15) is 0 Å². The summed E-state index contributed by atoms with van der Waals surface area (Å²) >= 11 is 0. The van der Waals surface area contributed by atoms with Gasteiger partial charge in [-0.05, 0) is 37.5 Å². The van der Waals surface area contributed by atoms with E-state index in [0.717, 1.165) is 18.4 Å². The van der Waals surface area contributed by atoms with Gasteiger partial charge in [0.1, 0.15) is 11.6 Å². The molecule has 1 aromatic heterocycles. The van der Waals surface area contributed by atoms with Gasteiger partial charge in [0.25, 0.3) is 0 Å². The lowest BCUT2D eigenvalue weighted by molar-refractivity contribution is 0.251. The third-order valence-electron chi connectivity index (χ3n) is 3.77. The number of hydrogen-bond donors (Lipinski definition) is 2. The Kier molecular flexibility index (Phi) is 3.37. The van der Waals surface area contributed by atoms with E-state index >= 15 is 0 Å². The van der Waals surface area contributed by atoms with Crippen molar-refractivity contribution in [1.29, 1.82) is 0 Å². The number of amides is 2. The number of benzene rings is 1. The molecule has 0 atom stereocenters. The van der Waals surface area contributed by atoms with Crippen molar-refractivity contribution in [2.45, 2.75) is 25.2 Å². The average Bonchev–Trinajstić information content (AvgIpc) is 3.15. The third kappa shape index (κ3) is 3.04. The summed E-state index contributed by atoms with van der Waals surface area (Å²) in [6.07, 6.45) is 1.98. The zero-order valence-electron chi connectivity index (χ0n) is 11.6. The molecule has 3 rings (SSSR count). The van der Waals surface area contributed by atoms with Crippen LogP contribution in [0.25, 0.3) is 0 Å². The van der Waals surface area contributed by atoms with E-state index in [1.807, 2.05) is 0 Å². The van der Waals surface area contributed by atoms with E-state index < -0.39 is 0 Å². The highest BCUT2D eigenvalue weighted by molar-refractivity contribution is 5.88. The molecule has 1 aliphatic carbocycles. The molecule has 1 saturated carbocycles. The van der Waals surface area contributed by atoms with E-state index in [1.54, 1.807) is 25.1 Å². The number of halogens is 1.